The minimum Gasteiger partial charge on any atom is -0.358 e. The van der Waals surface area contributed by atoms with Crippen molar-refractivity contribution in [2.45, 2.75) is 18.7 Å². The molecule has 0 spiro atoms. The second-order valence-electron chi connectivity index (χ2n) is 4.01. The molecule has 0 radical (unpaired) electrons. The van der Waals surface area contributed by atoms with Gasteiger partial charge in [-0.15, -0.1) is 0 Å². The normalized spacial score (nSPS) is 9.86. The third-order valence-electron chi connectivity index (χ3n) is 2.78. The van der Waals surface area contributed by atoms with Crippen molar-refractivity contribution in [3.05, 3.63) is 37.9 Å². The van der Waals surface area contributed by atoms with Crippen molar-refractivity contribution in [1.29, 1.82) is 5.26 Å². The zero-order chi connectivity index (χ0) is 16.9. The van der Waals surface area contributed by atoms with E-state index in [1.54, 1.807) is 11.0 Å². The maximum Gasteiger partial charge on any atom is 0.291 e. The molecule has 1 rings (SSSR count). The summed E-state index contributed by atoms with van der Waals surface area (Å²) >= 11 is 5.98. The van der Waals surface area contributed by atoms with Gasteiger partial charge in [-0.1, -0.05) is 12.2 Å². The lowest BCUT2D eigenvalue weighted by atomic mass is 10.2. The third-order valence-corrected chi connectivity index (χ3v) is 4.35. The van der Waals surface area contributed by atoms with Gasteiger partial charge in [0.1, 0.15) is 4.32 Å². The average molecular weight is 340 g/mol. The topological polar surface area (TPSA) is 113 Å². The van der Waals surface area contributed by atoms with Crippen LogP contribution in [0.25, 0.3) is 0 Å². The Labute approximate surface area is 136 Å². The Morgan fingerprint density at radius 1 is 1.27 bits per heavy atom. The summed E-state index contributed by atoms with van der Waals surface area (Å²) in [5, 5.41) is 31.2. The SMILES string of the molecule is CCN(CC)C(=S)Sc1c([N+](=O)[O-])cc(C#N)cc1[N+](=O)[O-]. The van der Waals surface area contributed by atoms with Crippen LogP contribution in [0.5, 0.6) is 0 Å². The van der Waals surface area contributed by atoms with Gasteiger partial charge in [-0.2, -0.15) is 5.26 Å². The minimum atomic E-state index is -0.749. The highest BCUT2D eigenvalue weighted by Gasteiger charge is 2.29. The van der Waals surface area contributed by atoms with Crippen molar-refractivity contribution in [2.24, 2.45) is 0 Å². The molecule has 116 valence electrons. The lowest BCUT2D eigenvalue weighted by molar-refractivity contribution is -0.399. The Bertz CT molecular complexity index is 633. The number of thioether (sulfide) groups is 1. The van der Waals surface area contributed by atoms with E-state index in [0.717, 1.165) is 23.9 Å². The number of benzene rings is 1. The molecule has 0 atom stereocenters. The summed E-state index contributed by atoms with van der Waals surface area (Å²) < 4.78 is 0.306. The Kier molecular flexibility index (Phi) is 6.21. The van der Waals surface area contributed by atoms with Gasteiger partial charge in [-0.25, -0.2) is 0 Å². The number of nitrogens with zero attached hydrogens (tertiary/aromatic N) is 4. The van der Waals surface area contributed by atoms with Gasteiger partial charge in [-0.05, 0) is 25.6 Å². The average Bonchev–Trinajstić information content (AvgIpc) is 2.47. The van der Waals surface area contributed by atoms with Crippen LogP contribution in [0.4, 0.5) is 11.4 Å². The molecule has 0 aromatic heterocycles. The number of nitriles is 1. The van der Waals surface area contributed by atoms with Crippen LogP contribution < -0.4 is 0 Å². The highest BCUT2D eigenvalue weighted by atomic mass is 32.2. The molecule has 0 amide bonds. The molecule has 1 aromatic rings. The smallest absolute Gasteiger partial charge is 0.291 e. The molecule has 0 aliphatic rings. The lowest BCUT2D eigenvalue weighted by Gasteiger charge is -2.20. The maximum atomic E-state index is 11.2. The number of hydrogen-bond donors (Lipinski definition) is 0. The first-order valence-corrected chi connectivity index (χ1v) is 7.41. The fourth-order valence-electron chi connectivity index (χ4n) is 1.67. The lowest BCUT2D eigenvalue weighted by Crippen LogP contribution is -2.26. The zero-order valence-corrected chi connectivity index (χ0v) is 13.4. The Morgan fingerprint density at radius 3 is 2.05 bits per heavy atom. The fraction of sp³-hybridized carbons (Fsp3) is 0.333. The highest BCUT2D eigenvalue weighted by Crippen LogP contribution is 2.39. The van der Waals surface area contributed by atoms with Crippen molar-refractivity contribution >= 4 is 39.7 Å². The molecule has 1 aromatic carbocycles. The summed E-state index contributed by atoms with van der Waals surface area (Å²) in [6, 6.07) is 3.71. The molecular formula is C12H12N4O4S2. The molecule has 22 heavy (non-hydrogen) atoms. The van der Waals surface area contributed by atoms with Crippen LogP contribution in [-0.4, -0.2) is 32.2 Å². The molecule has 0 fully saturated rings. The van der Waals surface area contributed by atoms with E-state index in [1.165, 1.54) is 0 Å². The van der Waals surface area contributed by atoms with E-state index in [1.807, 2.05) is 13.8 Å². The second kappa shape index (κ2) is 7.67. The van der Waals surface area contributed by atoms with Crippen LogP contribution in [0.1, 0.15) is 19.4 Å². The molecule has 0 aliphatic carbocycles. The van der Waals surface area contributed by atoms with Gasteiger partial charge < -0.3 is 4.90 Å². The summed E-state index contributed by atoms with van der Waals surface area (Å²) in [6.45, 7) is 4.89. The van der Waals surface area contributed by atoms with E-state index in [0.29, 0.717) is 17.4 Å². The quantitative estimate of drug-likeness (QED) is 0.348. The molecule has 0 aliphatic heterocycles. The van der Waals surface area contributed by atoms with Crippen molar-refractivity contribution in [2.75, 3.05) is 13.1 Å². The van der Waals surface area contributed by atoms with E-state index in [-0.39, 0.29) is 10.5 Å². The first-order valence-electron chi connectivity index (χ1n) is 6.19. The van der Waals surface area contributed by atoms with Crippen molar-refractivity contribution in [3.63, 3.8) is 0 Å². The molecule has 0 bridgehead atoms. The number of nitro benzene ring substituents is 2. The minimum absolute atomic E-state index is 0.142. The van der Waals surface area contributed by atoms with Crippen molar-refractivity contribution in [1.82, 2.24) is 4.90 Å². The summed E-state index contributed by atoms with van der Waals surface area (Å²) in [5.41, 5.74) is -1.13. The van der Waals surface area contributed by atoms with Crippen molar-refractivity contribution in [3.8, 4) is 6.07 Å². The standard InChI is InChI=1S/C12H12N4O4S2/c1-3-14(4-2)12(21)22-11-9(15(17)18)5-8(7-13)6-10(11)16(19)20/h5-6H,3-4H2,1-2H3. The number of nitro groups is 2. The third kappa shape index (κ3) is 3.90. The van der Waals surface area contributed by atoms with E-state index in [2.05, 4.69) is 0 Å². The fourth-order valence-corrected chi connectivity index (χ4v) is 3.22. The predicted molar refractivity (Wildman–Crippen MR) is 85.8 cm³/mol. The summed E-state index contributed by atoms with van der Waals surface area (Å²) in [4.78, 5) is 22.4. The Morgan fingerprint density at radius 2 is 1.73 bits per heavy atom. The van der Waals surface area contributed by atoms with Crippen LogP contribution in [0.15, 0.2) is 17.0 Å². The molecule has 0 heterocycles. The van der Waals surface area contributed by atoms with E-state index in [9.17, 15) is 20.2 Å². The molecule has 0 N–H and O–H groups in total. The van der Waals surface area contributed by atoms with Gasteiger partial charge in [0.15, 0.2) is 4.90 Å². The molecule has 0 saturated carbocycles. The van der Waals surface area contributed by atoms with Gasteiger partial charge in [0, 0.05) is 25.2 Å². The number of hydrogen-bond acceptors (Lipinski definition) is 7. The van der Waals surface area contributed by atoms with E-state index < -0.39 is 21.2 Å². The Balaban J connectivity index is 3.44. The van der Waals surface area contributed by atoms with Gasteiger partial charge in [0.25, 0.3) is 11.4 Å². The first kappa shape index (κ1) is 17.8. The van der Waals surface area contributed by atoms with Crippen LogP contribution in [0.2, 0.25) is 0 Å². The van der Waals surface area contributed by atoms with E-state index in [4.69, 9.17) is 17.5 Å². The summed E-state index contributed by atoms with van der Waals surface area (Å²) in [6.07, 6.45) is 0. The summed E-state index contributed by atoms with van der Waals surface area (Å²) in [7, 11) is 0. The summed E-state index contributed by atoms with van der Waals surface area (Å²) in [5.74, 6) is 0. The van der Waals surface area contributed by atoms with Gasteiger partial charge in [-0.3, -0.25) is 20.2 Å². The highest BCUT2D eigenvalue weighted by molar-refractivity contribution is 8.23. The molecule has 0 unspecified atom stereocenters. The van der Waals surface area contributed by atoms with Gasteiger partial charge in [0.2, 0.25) is 0 Å². The predicted octanol–water partition coefficient (Wildman–Crippen LogP) is 3.09. The Hall–Kier alpha value is -2.25. The largest absolute Gasteiger partial charge is 0.358 e. The van der Waals surface area contributed by atoms with Crippen molar-refractivity contribution < 1.29 is 9.85 Å². The first-order chi connectivity index (χ1) is 10.3. The van der Waals surface area contributed by atoms with Crippen LogP contribution in [0.3, 0.4) is 0 Å². The zero-order valence-electron chi connectivity index (χ0n) is 11.8. The monoisotopic (exact) mass is 340 g/mol. The van der Waals surface area contributed by atoms with Gasteiger partial charge in [0.05, 0.1) is 21.5 Å². The molecular weight excluding hydrogens is 328 g/mol. The number of thiocarbonyl (C=S) groups is 1. The number of rotatable bonds is 5. The van der Waals surface area contributed by atoms with Crippen LogP contribution in [-0.2, 0) is 0 Å². The molecule has 10 heteroatoms. The molecule has 8 nitrogen and oxygen atoms in total. The molecule has 0 saturated heterocycles. The second-order valence-corrected chi connectivity index (χ2v) is 5.65. The van der Waals surface area contributed by atoms with Gasteiger partial charge >= 0.3 is 0 Å². The maximum absolute atomic E-state index is 11.2. The van der Waals surface area contributed by atoms with Crippen LogP contribution in [0, 0.1) is 31.6 Å². The van der Waals surface area contributed by atoms with Crippen LogP contribution >= 0.6 is 24.0 Å². The van der Waals surface area contributed by atoms with E-state index >= 15 is 0 Å².